The monoisotopic (exact) mass is 430 g/mol. The Morgan fingerprint density at radius 3 is 1.83 bits per heavy atom. The van der Waals surface area contributed by atoms with Crippen molar-refractivity contribution in [1.29, 1.82) is 0 Å². The summed E-state index contributed by atoms with van der Waals surface area (Å²) >= 11 is 0. The number of hydrogen-bond acceptors (Lipinski definition) is 3. The number of amides is 1. The van der Waals surface area contributed by atoms with Crippen LogP contribution in [0.1, 0.15) is 21.5 Å². The molecule has 0 aliphatic heterocycles. The van der Waals surface area contributed by atoms with E-state index >= 15 is 0 Å². The lowest BCUT2D eigenvalue weighted by Crippen LogP contribution is -2.29. The highest BCUT2D eigenvalue weighted by atomic mass is 32.2. The average molecular weight is 430 g/mol. The maximum atomic E-state index is 13.1. The Bertz CT molecular complexity index is 1110. The third kappa shape index (κ3) is 5.64. The van der Waals surface area contributed by atoms with Gasteiger partial charge in [-0.05, 0) is 59.7 Å². The van der Waals surface area contributed by atoms with Crippen molar-refractivity contribution in [1.82, 2.24) is 5.32 Å². The predicted octanol–water partition coefficient (Wildman–Crippen LogP) is 3.86. The molecule has 0 atom stereocenters. The quantitative estimate of drug-likeness (QED) is 0.619. The summed E-state index contributed by atoms with van der Waals surface area (Å²) in [6.07, 6.45) is 1.08. The van der Waals surface area contributed by atoms with Crippen molar-refractivity contribution in [2.45, 2.75) is 13.1 Å². The van der Waals surface area contributed by atoms with Gasteiger partial charge in [-0.15, -0.1) is 0 Å². The van der Waals surface area contributed by atoms with Gasteiger partial charge < -0.3 is 5.32 Å². The molecule has 8 heteroatoms. The molecule has 3 rings (SSSR count). The maximum Gasteiger partial charge on any atom is 0.251 e. The van der Waals surface area contributed by atoms with E-state index in [0.29, 0.717) is 16.8 Å². The van der Waals surface area contributed by atoms with Gasteiger partial charge in [0.25, 0.3) is 5.91 Å². The molecule has 0 bridgehead atoms. The Kier molecular flexibility index (Phi) is 6.47. The van der Waals surface area contributed by atoms with Crippen LogP contribution in [0.25, 0.3) is 0 Å². The van der Waals surface area contributed by atoms with Gasteiger partial charge in [-0.1, -0.05) is 24.3 Å². The number of carbonyl (C=O) groups excluding carboxylic acids is 1. The van der Waals surface area contributed by atoms with Gasteiger partial charge in [0.15, 0.2) is 0 Å². The van der Waals surface area contributed by atoms with Crippen molar-refractivity contribution in [2.24, 2.45) is 0 Å². The summed E-state index contributed by atoms with van der Waals surface area (Å²) in [5, 5.41) is 2.73. The second-order valence-electron chi connectivity index (χ2n) is 6.75. The molecule has 0 aliphatic carbocycles. The summed E-state index contributed by atoms with van der Waals surface area (Å²) in [7, 11) is -3.60. The van der Waals surface area contributed by atoms with Gasteiger partial charge in [0.2, 0.25) is 10.0 Å². The summed E-state index contributed by atoms with van der Waals surface area (Å²) < 4.78 is 51.7. The van der Waals surface area contributed by atoms with Crippen LogP contribution in [-0.4, -0.2) is 20.6 Å². The van der Waals surface area contributed by atoms with Crippen molar-refractivity contribution >= 4 is 21.6 Å². The molecule has 0 heterocycles. The van der Waals surface area contributed by atoms with Crippen molar-refractivity contribution in [2.75, 3.05) is 10.6 Å². The van der Waals surface area contributed by atoms with Crippen LogP contribution < -0.4 is 9.62 Å². The minimum absolute atomic E-state index is 0.0369. The van der Waals surface area contributed by atoms with E-state index in [1.807, 2.05) is 0 Å². The minimum Gasteiger partial charge on any atom is -0.348 e. The number of halogens is 2. The standard InChI is InChI=1S/C22H20F2N2O3S/c1-30(28,29)26(15-17-4-10-20(24)11-5-17)21-12-6-18(7-13-21)22(27)25-14-16-2-8-19(23)9-3-16/h2-13H,14-15H2,1H3,(H,25,27). The highest BCUT2D eigenvalue weighted by Crippen LogP contribution is 2.21. The summed E-state index contributed by atoms with van der Waals surface area (Å²) in [5.41, 5.74) is 2.12. The van der Waals surface area contributed by atoms with Gasteiger partial charge in [-0.3, -0.25) is 9.10 Å². The highest BCUT2D eigenvalue weighted by molar-refractivity contribution is 7.92. The van der Waals surface area contributed by atoms with Crippen LogP contribution in [0.15, 0.2) is 72.8 Å². The fourth-order valence-corrected chi connectivity index (χ4v) is 3.71. The molecular formula is C22H20F2N2O3S. The summed E-state index contributed by atoms with van der Waals surface area (Å²) in [4.78, 5) is 12.3. The topological polar surface area (TPSA) is 66.5 Å². The lowest BCUT2D eigenvalue weighted by atomic mass is 10.1. The van der Waals surface area contributed by atoms with E-state index < -0.39 is 15.8 Å². The minimum atomic E-state index is -3.60. The molecule has 1 amide bonds. The number of carbonyl (C=O) groups is 1. The van der Waals surface area contributed by atoms with Crippen LogP contribution in [0.5, 0.6) is 0 Å². The number of anilines is 1. The fourth-order valence-electron chi connectivity index (χ4n) is 2.82. The van der Waals surface area contributed by atoms with Gasteiger partial charge in [0, 0.05) is 12.1 Å². The van der Waals surface area contributed by atoms with Crippen LogP contribution in [0.3, 0.4) is 0 Å². The van der Waals surface area contributed by atoms with E-state index in [1.54, 1.807) is 12.1 Å². The van der Waals surface area contributed by atoms with Crippen LogP contribution in [0.2, 0.25) is 0 Å². The average Bonchev–Trinajstić information content (AvgIpc) is 2.72. The molecule has 156 valence electrons. The number of nitrogens with one attached hydrogen (secondary N) is 1. The number of sulfonamides is 1. The molecule has 0 unspecified atom stereocenters. The lowest BCUT2D eigenvalue weighted by Gasteiger charge is -2.22. The Labute approximate surface area is 174 Å². The Morgan fingerprint density at radius 1 is 0.833 bits per heavy atom. The maximum absolute atomic E-state index is 13.1. The highest BCUT2D eigenvalue weighted by Gasteiger charge is 2.18. The van der Waals surface area contributed by atoms with Gasteiger partial charge in [-0.25, -0.2) is 17.2 Å². The molecule has 0 aliphatic rings. The van der Waals surface area contributed by atoms with Gasteiger partial charge in [-0.2, -0.15) is 0 Å². The molecule has 0 spiro atoms. The second-order valence-corrected chi connectivity index (χ2v) is 8.66. The number of rotatable bonds is 7. The van der Waals surface area contributed by atoms with Crippen molar-refractivity contribution in [3.63, 3.8) is 0 Å². The van der Waals surface area contributed by atoms with Gasteiger partial charge >= 0.3 is 0 Å². The number of benzene rings is 3. The fraction of sp³-hybridized carbons (Fsp3) is 0.136. The summed E-state index contributed by atoms with van der Waals surface area (Å²) in [6.45, 7) is 0.274. The first kappa shape index (κ1) is 21.4. The molecule has 3 aromatic rings. The Balaban J connectivity index is 1.71. The molecule has 0 radical (unpaired) electrons. The molecule has 5 nitrogen and oxygen atoms in total. The van der Waals surface area contributed by atoms with Crippen molar-refractivity contribution in [3.8, 4) is 0 Å². The molecule has 1 N–H and O–H groups in total. The van der Waals surface area contributed by atoms with Crippen molar-refractivity contribution in [3.05, 3.63) is 101 Å². The Hall–Kier alpha value is -3.26. The lowest BCUT2D eigenvalue weighted by molar-refractivity contribution is 0.0951. The number of hydrogen-bond donors (Lipinski definition) is 1. The van der Waals surface area contributed by atoms with E-state index in [1.165, 1.54) is 65.0 Å². The molecule has 0 saturated heterocycles. The largest absolute Gasteiger partial charge is 0.348 e. The predicted molar refractivity (Wildman–Crippen MR) is 111 cm³/mol. The molecule has 30 heavy (non-hydrogen) atoms. The third-order valence-corrected chi connectivity index (χ3v) is 5.56. The zero-order chi connectivity index (χ0) is 21.7. The van der Waals surface area contributed by atoms with Gasteiger partial charge in [0.05, 0.1) is 18.5 Å². The zero-order valence-electron chi connectivity index (χ0n) is 16.2. The molecule has 3 aromatic carbocycles. The molecule has 0 fully saturated rings. The molecular weight excluding hydrogens is 410 g/mol. The first-order valence-electron chi connectivity index (χ1n) is 9.07. The van der Waals surface area contributed by atoms with E-state index in [9.17, 15) is 22.0 Å². The molecule has 0 saturated carbocycles. The first-order valence-corrected chi connectivity index (χ1v) is 10.9. The van der Waals surface area contributed by atoms with Crippen LogP contribution in [0.4, 0.5) is 14.5 Å². The SMILES string of the molecule is CS(=O)(=O)N(Cc1ccc(F)cc1)c1ccc(C(=O)NCc2ccc(F)cc2)cc1. The summed E-state index contributed by atoms with van der Waals surface area (Å²) in [5.74, 6) is -1.09. The van der Waals surface area contributed by atoms with Crippen LogP contribution >= 0.6 is 0 Å². The van der Waals surface area contributed by atoms with Crippen LogP contribution in [0, 0.1) is 11.6 Å². The van der Waals surface area contributed by atoms with Crippen molar-refractivity contribution < 1.29 is 22.0 Å². The summed E-state index contributed by atoms with van der Waals surface area (Å²) in [6, 6.07) is 17.5. The third-order valence-electron chi connectivity index (χ3n) is 4.42. The first-order chi connectivity index (χ1) is 14.2. The Morgan fingerprint density at radius 2 is 1.33 bits per heavy atom. The second kappa shape index (κ2) is 9.04. The van der Waals surface area contributed by atoms with Crippen LogP contribution in [-0.2, 0) is 23.1 Å². The number of nitrogens with zero attached hydrogens (tertiary/aromatic N) is 1. The van der Waals surface area contributed by atoms with E-state index in [2.05, 4.69) is 5.32 Å². The van der Waals surface area contributed by atoms with E-state index in [0.717, 1.165) is 11.8 Å². The smallest absolute Gasteiger partial charge is 0.251 e. The zero-order valence-corrected chi connectivity index (χ0v) is 17.0. The van der Waals surface area contributed by atoms with E-state index in [-0.39, 0.29) is 24.8 Å². The molecule has 0 aromatic heterocycles. The van der Waals surface area contributed by atoms with E-state index in [4.69, 9.17) is 0 Å². The normalized spacial score (nSPS) is 11.2. The van der Waals surface area contributed by atoms with Gasteiger partial charge in [0.1, 0.15) is 11.6 Å².